The molecule has 1 fully saturated rings. The molecule has 2 heterocycles. The first-order chi connectivity index (χ1) is 16.5. The molecule has 0 atom stereocenters. The van der Waals surface area contributed by atoms with Gasteiger partial charge in [0.25, 0.3) is 0 Å². The summed E-state index contributed by atoms with van der Waals surface area (Å²) in [5.74, 6) is 1.67. The summed E-state index contributed by atoms with van der Waals surface area (Å²) in [5.41, 5.74) is 5.18. The zero-order valence-corrected chi connectivity index (χ0v) is 20.0. The van der Waals surface area contributed by atoms with Gasteiger partial charge in [-0.2, -0.15) is 0 Å². The highest BCUT2D eigenvalue weighted by atomic mass is 35.5. The highest BCUT2D eigenvalue weighted by Crippen LogP contribution is 2.43. The number of aryl methyl sites for hydroxylation is 1. The molecule has 0 aliphatic carbocycles. The lowest BCUT2D eigenvalue weighted by Crippen LogP contribution is -2.53. The van der Waals surface area contributed by atoms with Crippen LogP contribution >= 0.6 is 11.6 Å². The van der Waals surface area contributed by atoms with Gasteiger partial charge >= 0.3 is 0 Å². The van der Waals surface area contributed by atoms with Gasteiger partial charge < -0.3 is 14.4 Å². The molecule has 0 amide bonds. The maximum Gasteiger partial charge on any atom is 0.175 e. The van der Waals surface area contributed by atoms with Gasteiger partial charge in [0.15, 0.2) is 5.76 Å². The Balaban J connectivity index is 1.51. The molecule has 1 N–H and O–H groups in total. The maximum absolute atomic E-state index is 9.74. The minimum Gasteiger partial charge on any atom is -0.508 e. The van der Waals surface area contributed by atoms with Crippen LogP contribution in [-0.2, 0) is 0 Å². The highest BCUT2D eigenvalue weighted by molar-refractivity contribution is 6.33. The number of halogens is 1. The Morgan fingerprint density at radius 1 is 1.00 bits per heavy atom. The zero-order valence-electron chi connectivity index (χ0n) is 19.3. The van der Waals surface area contributed by atoms with Crippen molar-refractivity contribution in [3.05, 3.63) is 77.3 Å². The molecule has 3 aromatic carbocycles. The molecule has 0 spiro atoms. The second-order valence-corrected chi connectivity index (χ2v) is 9.14. The van der Waals surface area contributed by atoms with Crippen molar-refractivity contribution in [3.63, 3.8) is 0 Å². The van der Waals surface area contributed by atoms with Crippen molar-refractivity contribution in [2.45, 2.75) is 26.4 Å². The van der Waals surface area contributed by atoms with Crippen molar-refractivity contribution >= 4 is 11.6 Å². The number of nitrogens with zero attached hydrogens (tertiary/aromatic N) is 2. The third-order valence-electron chi connectivity index (χ3n) is 6.19. The average Bonchev–Trinajstić information content (AvgIpc) is 3.23. The largest absolute Gasteiger partial charge is 0.508 e. The van der Waals surface area contributed by atoms with Gasteiger partial charge in [0.2, 0.25) is 0 Å². The van der Waals surface area contributed by atoms with Crippen LogP contribution in [0.3, 0.4) is 0 Å². The van der Waals surface area contributed by atoms with Gasteiger partial charge in [-0.15, -0.1) is 0 Å². The Morgan fingerprint density at radius 3 is 2.38 bits per heavy atom. The first-order valence-corrected chi connectivity index (χ1v) is 11.9. The Morgan fingerprint density at radius 2 is 1.71 bits per heavy atom. The van der Waals surface area contributed by atoms with Gasteiger partial charge in [-0.1, -0.05) is 47.9 Å². The number of ether oxygens (including phenoxy) is 1. The number of aromatic nitrogens is 1. The molecular weight excluding hydrogens is 448 g/mol. The molecule has 1 aromatic heterocycles. The van der Waals surface area contributed by atoms with Gasteiger partial charge in [0.1, 0.15) is 23.3 Å². The summed E-state index contributed by atoms with van der Waals surface area (Å²) in [5, 5.41) is 14.8. The number of phenolic OH excluding ortho intramolecular Hbond substituents is 1. The fourth-order valence-electron chi connectivity index (χ4n) is 4.46. The molecule has 1 aliphatic heterocycles. The van der Waals surface area contributed by atoms with Crippen molar-refractivity contribution in [2.24, 2.45) is 0 Å². The number of benzene rings is 3. The molecule has 174 valence electrons. The number of rotatable bonds is 7. The molecule has 0 unspecified atom stereocenters. The lowest BCUT2D eigenvalue weighted by molar-refractivity contribution is 0.0203. The van der Waals surface area contributed by atoms with E-state index in [9.17, 15) is 5.11 Å². The van der Waals surface area contributed by atoms with Crippen molar-refractivity contribution in [3.8, 4) is 45.2 Å². The molecule has 34 heavy (non-hydrogen) atoms. The molecule has 0 saturated carbocycles. The third-order valence-corrected chi connectivity index (χ3v) is 6.50. The summed E-state index contributed by atoms with van der Waals surface area (Å²) in [6.45, 7) is 7.28. The predicted octanol–water partition coefficient (Wildman–Crippen LogP) is 6.82. The first-order valence-electron chi connectivity index (χ1n) is 11.6. The van der Waals surface area contributed by atoms with E-state index in [1.54, 1.807) is 12.1 Å². The predicted molar refractivity (Wildman–Crippen MR) is 135 cm³/mol. The minimum absolute atomic E-state index is 0.196. The van der Waals surface area contributed by atoms with E-state index in [1.807, 2.05) is 61.5 Å². The SMILES string of the molecule is CCCN1CC(Oc2ccc(-c3c(-c4c(C)cccc4Cl)noc3-c3ccc(O)cc3)cc2)C1. The Kier molecular flexibility index (Phi) is 6.31. The van der Waals surface area contributed by atoms with Gasteiger partial charge in [-0.25, -0.2) is 0 Å². The van der Waals surface area contributed by atoms with E-state index in [1.165, 1.54) is 0 Å². The van der Waals surface area contributed by atoms with Crippen molar-refractivity contribution in [2.75, 3.05) is 19.6 Å². The van der Waals surface area contributed by atoms with Crippen molar-refractivity contribution in [1.82, 2.24) is 10.1 Å². The monoisotopic (exact) mass is 474 g/mol. The minimum atomic E-state index is 0.196. The molecule has 0 radical (unpaired) electrons. The summed E-state index contributed by atoms with van der Waals surface area (Å²) >= 11 is 6.60. The maximum atomic E-state index is 9.74. The van der Waals surface area contributed by atoms with Gasteiger partial charge in [0, 0.05) is 24.2 Å². The Labute approximate surface area is 204 Å². The van der Waals surface area contributed by atoms with Gasteiger partial charge in [-0.3, -0.25) is 4.90 Å². The van der Waals surface area contributed by atoms with Crippen LogP contribution < -0.4 is 4.74 Å². The number of likely N-dealkylation sites (tertiary alicyclic amines) is 1. The van der Waals surface area contributed by atoms with Crippen LogP contribution in [0.2, 0.25) is 5.02 Å². The van der Waals surface area contributed by atoms with Crippen molar-refractivity contribution in [1.29, 1.82) is 0 Å². The van der Waals surface area contributed by atoms with E-state index < -0.39 is 0 Å². The molecule has 5 rings (SSSR count). The molecular formula is C28H27ClN2O3. The standard InChI is InChI=1S/C28H27ClN2O3/c1-3-15-31-16-23(17-31)33-22-13-9-19(10-14-22)26-27(25-18(2)5-4-6-24(25)29)30-34-28(26)20-7-11-21(32)12-8-20/h4-14,23,32H,3,15-17H2,1-2H3. The normalized spacial score (nSPS) is 14.2. The summed E-state index contributed by atoms with van der Waals surface area (Å²) in [6, 6.07) is 20.8. The lowest BCUT2D eigenvalue weighted by atomic mass is 9.94. The van der Waals surface area contributed by atoms with Crippen LogP contribution in [0.1, 0.15) is 18.9 Å². The molecule has 1 saturated heterocycles. The lowest BCUT2D eigenvalue weighted by Gasteiger charge is -2.38. The van der Waals surface area contributed by atoms with Crippen LogP contribution in [0.25, 0.3) is 33.7 Å². The molecule has 1 aliphatic rings. The van der Waals surface area contributed by atoms with E-state index in [4.69, 9.17) is 20.9 Å². The molecule has 0 bridgehead atoms. The summed E-state index contributed by atoms with van der Waals surface area (Å²) in [6.07, 6.45) is 1.40. The molecule has 5 nitrogen and oxygen atoms in total. The second kappa shape index (κ2) is 9.53. The first kappa shape index (κ1) is 22.5. The van der Waals surface area contributed by atoms with E-state index in [0.717, 1.165) is 59.6 Å². The Bertz CT molecular complexity index is 1260. The Hall–Kier alpha value is -3.28. The fourth-order valence-corrected chi connectivity index (χ4v) is 4.77. The fraction of sp³-hybridized carbons (Fsp3) is 0.250. The number of hydrogen-bond donors (Lipinski definition) is 1. The van der Waals surface area contributed by atoms with Crippen LogP contribution in [-0.4, -0.2) is 40.9 Å². The van der Waals surface area contributed by atoms with Gasteiger partial charge in [-0.05, 0) is 73.5 Å². The van der Waals surface area contributed by atoms with E-state index in [-0.39, 0.29) is 11.9 Å². The highest BCUT2D eigenvalue weighted by Gasteiger charge is 2.28. The average molecular weight is 475 g/mol. The summed E-state index contributed by atoms with van der Waals surface area (Å²) < 4.78 is 12.0. The van der Waals surface area contributed by atoms with Crippen LogP contribution in [0.5, 0.6) is 11.5 Å². The number of hydrogen-bond acceptors (Lipinski definition) is 5. The second-order valence-electron chi connectivity index (χ2n) is 8.74. The topological polar surface area (TPSA) is 58.7 Å². The summed E-state index contributed by atoms with van der Waals surface area (Å²) in [4.78, 5) is 2.40. The van der Waals surface area contributed by atoms with Gasteiger partial charge in [0.05, 0.1) is 10.6 Å². The van der Waals surface area contributed by atoms with E-state index in [2.05, 4.69) is 17.0 Å². The quantitative estimate of drug-likeness (QED) is 0.318. The number of aromatic hydroxyl groups is 1. The smallest absolute Gasteiger partial charge is 0.175 e. The molecule has 4 aromatic rings. The van der Waals surface area contributed by atoms with Crippen molar-refractivity contribution < 1.29 is 14.4 Å². The molecule has 6 heteroatoms. The van der Waals surface area contributed by atoms with Crippen LogP contribution in [0.4, 0.5) is 0 Å². The van der Waals surface area contributed by atoms with E-state index in [0.29, 0.717) is 16.5 Å². The van der Waals surface area contributed by atoms with Crippen LogP contribution in [0, 0.1) is 6.92 Å². The number of phenols is 1. The van der Waals surface area contributed by atoms with E-state index >= 15 is 0 Å². The summed E-state index contributed by atoms with van der Waals surface area (Å²) in [7, 11) is 0. The third kappa shape index (κ3) is 4.41. The zero-order chi connectivity index (χ0) is 23.7. The van der Waals surface area contributed by atoms with Crippen LogP contribution in [0.15, 0.2) is 71.3 Å².